The Morgan fingerprint density at radius 3 is 2.23 bits per heavy atom. The Morgan fingerprint density at radius 1 is 1.31 bits per heavy atom. The monoisotopic (exact) mass is 188 g/mol. The third kappa shape index (κ3) is 7.07. The van der Waals surface area contributed by atoms with Crippen LogP contribution in [0.25, 0.3) is 0 Å². The number of amides is 3. The van der Waals surface area contributed by atoms with E-state index in [1.165, 1.54) is 0 Å². The minimum atomic E-state index is -0.441. The number of hydrazine groups is 1. The third-order valence-corrected chi connectivity index (χ3v) is 1.06. The molecule has 0 bridgehead atoms. The zero-order valence-electron chi connectivity index (χ0n) is 8.10. The van der Waals surface area contributed by atoms with E-state index >= 15 is 0 Å². The zero-order valence-corrected chi connectivity index (χ0v) is 8.10. The Hall–Kier alpha value is -1.30. The SMILES string of the molecule is CC(C)(C)NC(=O)NCC(=O)NN. The predicted octanol–water partition coefficient (Wildman–Crippen LogP) is -0.926. The van der Waals surface area contributed by atoms with Crippen LogP contribution < -0.4 is 21.9 Å². The summed E-state index contributed by atoms with van der Waals surface area (Å²) < 4.78 is 0. The number of nitrogens with one attached hydrogen (secondary N) is 3. The number of hydrogen-bond donors (Lipinski definition) is 4. The molecule has 13 heavy (non-hydrogen) atoms. The molecule has 6 nitrogen and oxygen atoms in total. The molecule has 0 unspecified atom stereocenters. The van der Waals surface area contributed by atoms with Crippen LogP contribution in [0.1, 0.15) is 20.8 Å². The van der Waals surface area contributed by atoms with Crippen LogP contribution in [0.5, 0.6) is 0 Å². The van der Waals surface area contributed by atoms with Crippen LogP contribution >= 0.6 is 0 Å². The highest BCUT2D eigenvalue weighted by atomic mass is 16.2. The lowest BCUT2D eigenvalue weighted by molar-refractivity contribution is -0.120. The molecule has 0 saturated heterocycles. The van der Waals surface area contributed by atoms with E-state index in [1.54, 1.807) is 0 Å². The van der Waals surface area contributed by atoms with Gasteiger partial charge in [0.05, 0.1) is 6.54 Å². The Bertz CT molecular complexity index is 197. The normalized spacial score (nSPS) is 10.5. The molecular weight excluding hydrogens is 172 g/mol. The quantitative estimate of drug-likeness (QED) is 0.256. The van der Waals surface area contributed by atoms with Gasteiger partial charge in [0.1, 0.15) is 0 Å². The second-order valence-electron chi connectivity index (χ2n) is 3.63. The van der Waals surface area contributed by atoms with Crippen LogP contribution in [0.2, 0.25) is 0 Å². The summed E-state index contributed by atoms with van der Waals surface area (Å²) in [5.74, 6) is 4.37. The lowest BCUT2D eigenvalue weighted by Crippen LogP contribution is -2.49. The van der Waals surface area contributed by atoms with E-state index in [4.69, 9.17) is 5.84 Å². The van der Waals surface area contributed by atoms with Crippen molar-refractivity contribution in [2.75, 3.05) is 6.54 Å². The van der Waals surface area contributed by atoms with Gasteiger partial charge in [0.2, 0.25) is 0 Å². The summed E-state index contributed by atoms with van der Waals surface area (Å²) in [5, 5.41) is 4.98. The van der Waals surface area contributed by atoms with E-state index in [2.05, 4.69) is 10.6 Å². The first-order valence-corrected chi connectivity index (χ1v) is 3.90. The van der Waals surface area contributed by atoms with Gasteiger partial charge in [-0.2, -0.15) is 0 Å². The van der Waals surface area contributed by atoms with Crippen LogP contribution in [-0.4, -0.2) is 24.0 Å². The van der Waals surface area contributed by atoms with Crippen LogP contribution in [0, 0.1) is 0 Å². The van der Waals surface area contributed by atoms with E-state index < -0.39 is 11.9 Å². The molecule has 0 atom stereocenters. The maximum Gasteiger partial charge on any atom is 0.315 e. The Balaban J connectivity index is 3.71. The minimum absolute atomic E-state index is 0.127. The second kappa shape index (κ2) is 4.66. The van der Waals surface area contributed by atoms with Gasteiger partial charge in [-0.1, -0.05) is 0 Å². The zero-order chi connectivity index (χ0) is 10.5. The van der Waals surface area contributed by atoms with Gasteiger partial charge in [0.15, 0.2) is 0 Å². The molecule has 0 spiro atoms. The van der Waals surface area contributed by atoms with Crippen molar-refractivity contribution >= 4 is 11.9 Å². The minimum Gasteiger partial charge on any atom is -0.334 e. The lowest BCUT2D eigenvalue weighted by atomic mass is 10.1. The number of nitrogens with two attached hydrogens (primary N) is 1. The molecule has 0 saturated carbocycles. The van der Waals surface area contributed by atoms with Crippen molar-refractivity contribution in [3.8, 4) is 0 Å². The van der Waals surface area contributed by atoms with Crippen molar-refractivity contribution < 1.29 is 9.59 Å². The molecule has 5 N–H and O–H groups in total. The van der Waals surface area contributed by atoms with E-state index in [-0.39, 0.29) is 12.1 Å². The maximum atomic E-state index is 11.0. The Labute approximate surface area is 77.2 Å². The van der Waals surface area contributed by atoms with Gasteiger partial charge >= 0.3 is 6.03 Å². The molecule has 6 heteroatoms. The van der Waals surface area contributed by atoms with Gasteiger partial charge in [-0.15, -0.1) is 0 Å². The highest BCUT2D eigenvalue weighted by Crippen LogP contribution is 1.96. The average Bonchev–Trinajstić information content (AvgIpc) is 1.97. The first kappa shape index (κ1) is 11.7. The average molecular weight is 188 g/mol. The van der Waals surface area contributed by atoms with E-state index in [9.17, 15) is 9.59 Å². The summed E-state index contributed by atoms with van der Waals surface area (Å²) in [5.41, 5.74) is 1.59. The van der Waals surface area contributed by atoms with Gasteiger partial charge < -0.3 is 10.6 Å². The fourth-order valence-corrected chi connectivity index (χ4v) is 0.596. The predicted molar refractivity (Wildman–Crippen MR) is 48.6 cm³/mol. The van der Waals surface area contributed by atoms with E-state index in [0.717, 1.165) is 0 Å². The van der Waals surface area contributed by atoms with Gasteiger partial charge in [-0.25, -0.2) is 10.6 Å². The Kier molecular flexibility index (Phi) is 4.19. The van der Waals surface area contributed by atoms with Crippen molar-refractivity contribution in [3.63, 3.8) is 0 Å². The topological polar surface area (TPSA) is 96.2 Å². The van der Waals surface area contributed by atoms with Gasteiger partial charge in [0.25, 0.3) is 5.91 Å². The van der Waals surface area contributed by atoms with Crippen molar-refractivity contribution in [3.05, 3.63) is 0 Å². The summed E-state index contributed by atoms with van der Waals surface area (Å²) >= 11 is 0. The highest BCUT2D eigenvalue weighted by molar-refractivity contribution is 5.83. The van der Waals surface area contributed by atoms with Crippen LogP contribution in [0.4, 0.5) is 4.79 Å². The molecular formula is C7H16N4O2. The van der Waals surface area contributed by atoms with Crippen molar-refractivity contribution in [2.24, 2.45) is 5.84 Å². The largest absolute Gasteiger partial charge is 0.334 e. The molecule has 0 heterocycles. The smallest absolute Gasteiger partial charge is 0.315 e. The molecule has 0 aromatic rings. The lowest BCUT2D eigenvalue weighted by Gasteiger charge is -2.20. The number of carbonyl (C=O) groups excluding carboxylic acids is 2. The maximum absolute atomic E-state index is 11.0. The molecule has 3 amide bonds. The molecule has 0 aromatic heterocycles. The first-order chi connectivity index (χ1) is 5.85. The van der Waals surface area contributed by atoms with Crippen LogP contribution in [0.3, 0.4) is 0 Å². The van der Waals surface area contributed by atoms with Gasteiger partial charge in [-0.3, -0.25) is 10.2 Å². The summed E-state index contributed by atoms with van der Waals surface area (Å²) in [7, 11) is 0. The number of rotatable bonds is 2. The standard InChI is InChI=1S/C7H16N4O2/c1-7(2,3)10-6(13)9-4-5(12)11-8/h4,8H2,1-3H3,(H,11,12)(H2,9,10,13). The summed E-state index contributed by atoms with van der Waals surface area (Å²) in [6.07, 6.45) is 0. The number of carbonyl (C=O) groups is 2. The fraction of sp³-hybridized carbons (Fsp3) is 0.714. The third-order valence-electron chi connectivity index (χ3n) is 1.06. The van der Waals surface area contributed by atoms with Gasteiger partial charge in [0, 0.05) is 5.54 Å². The van der Waals surface area contributed by atoms with Gasteiger partial charge in [-0.05, 0) is 20.8 Å². The van der Waals surface area contributed by atoms with Crippen LogP contribution in [-0.2, 0) is 4.79 Å². The molecule has 0 fully saturated rings. The molecule has 76 valence electrons. The van der Waals surface area contributed by atoms with Crippen LogP contribution in [0.15, 0.2) is 0 Å². The van der Waals surface area contributed by atoms with Crippen molar-refractivity contribution in [2.45, 2.75) is 26.3 Å². The summed E-state index contributed by atoms with van der Waals surface area (Å²) in [6.45, 7) is 5.40. The van der Waals surface area contributed by atoms with Crippen molar-refractivity contribution in [1.29, 1.82) is 0 Å². The number of urea groups is 1. The molecule has 0 aromatic carbocycles. The fourth-order valence-electron chi connectivity index (χ4n) is 0.596. The van der Waals surface area contributed by atoms with E-state index in [1.807, 2.05) is 26.2 Å². The van der Waals surface area contributed by atoms with E-state index in [0.29, 0.717) is 0 Å². The highest BCUT2D eigenvalue weighted by Gasteiger charge is 2.13. The molecule has 0 aliphatic heterocycles. The summed E-state index contributed by atoms with van der Waals surface area (Å²) in [6, 6.07) is -0.392. The van der Waals surface area contributed by atoms with Crippen molar-refractivity contribution in [1.82, 2.24) is 16.1 Å². The molecule has 0 aliphatic rings. The number of hydrogen-bond acceptors (Lipinski definition) is 3. The molecule has 0 aliphatic carbocycles. The molecule has 0 rings (SSSR count). The first-order valence-electron chi connectivity index (χ1n) is 3.90. The summed E-state index contributed by atoms with van der Waals surface area (Å²) in [4.78, 5) is 21.6. The molecule has 0 radical (unpaired) electrons. The Morgan fingerprint density at radius 2 is 1.85 bits per heavy atom. The second-order valence-corrected chi connectivity index (χ2v) is 3.63.